The van der Waals surface area contributed by atoms with Crippen molar-refractivity contribution in [3.05, 3.63) is 69.8 Å². The monoisotopic (exact) mass is 746 g/mol. The van der Waals surface area contributed by atoms with E-state index in [4.69, 9.17) is 47.2 Å². The Labute approximate surface area is 298 Å². The highest BCUT2D eigenvalue weighted by atomic mass is 31.2. The lowest BCUT2D eigenvalue weighted by Crippen LogP contribution is -2.28. The lowest BCUT2D eigenvalue weighted by molar-refractivity contribution is -0.385. The molecule has 0 heterocycles. The second-order valence-electron chi connectivity index (χ2n) is 10.4. The average Bonchev–Trinajstić information content (AvgIpc) is 3.12. The third-order valence-electron chi connectivity index (χ3n) is 6.45. The number of amides is 1. The molecule has 0 bridgehead atoms. The quantitative estimate of drug-likeness (QED) is 0.0474. The zero-order valence-corrected chi connectivity index (χ0v) is 30.0. The fraction of sp³-hybridized carbons (Fsp3) is 0.606. The van der Waals surface area contributed by atoms with Crippen molar-refractivity contribution in [2.24, 2.45) is 0 Å². The Bertz CT molecular complexity index is 1260. The van der Waals surface area contributed by atoms with Crippen LogP contribution in [0.4, 0.5) is 10.5 Å². The van der Waals surface area contributed by atoms with Crippen molar-refractivity contribution >= 4 is 19.4 Å². The Balaban J connectivity index is 1.34. The zero-order valence-electron chi connectivity index (χ0n) is 29.1. The molecule has 2 aromatic carbocycles. The number of rotatable bonds is 32. The number of nitro groups is 1. The molecule has 2 rings (SSSR count). The van der Waals surface area contributed by atoms with Crippen molar-refractivity contribution in [1.82, 2.24) is 5.32 Å². The molecule has 0 fully saturated rings. The van der Waals surface area contributed by atoms with Gasteiger partial charge in [0.25, 0.3) is 5.69 Å². The predicted octanol–water partition coefficient (Wildman–Crippen LogP) is 3.74. The normalized spacial score (nSPS) is 12.4. The third-order valence-corrected chi connectivity index (χ3v) is 7.86. The van der Waals surface area contributed by atoms with Gasteiger partial charge in [-0.1, -0.05) is 30.3 Å². The van der Waals surface area contributed by atoms with Crippen molar-refractivity contribution < 1.29 is 66.3 Å². The van der Waals surface area contributed by atoms with Gasteiger partial charge >= 0.3 is 13.7 Å². The highest BCUT2D eigenvalue weighted by molar-refractivity contribution is 7.52. The number of hydrogen-bond donors (Lipinski definition) is 2. The van der Waals surface area contributed by atoms with Crippen LogP contribution >= 0.6 is 7.60 Å². The standard InChI is InChI=1S/C33H51N2O15P/c1-2-50-51(39,40)25-24-47-23-22-46-21-20-45-19-18-44-17-16-43-15-14-42-13-12-41-11-10-34-33(36)49-28-30-26-31(8-9-32(30)35(37)38)48-27-29-6-4-3-5-7-29/h3-9,26H,2,10-25,27-28H2,1H3,(H,34,36)(H,39,40). The van der Waals surface area contributed by atoms with Gasteiger partial charge in [-0.3, -0.25) is 14.7 Å². The summed E-state index contributed by atoms with van der Waals surface area (Å²) in [5.41, 5.74) is 0.988. The predicted molar refractivity (Wildman–Crippen MR) is 184 cm³/mol. The largest absolute Gasteiger partial charge is 0.489 e. The van der Waals surface area contributed by atoms with E-state index in [1.165, 1.54) is 18.2 Å². The number of hydrogen-bond acceptors (Lipinski definition) is 14. The SMILES string of the molecule is CCOP(=O)(O)CCOCCOCCOCCOCCOCCOCCOCCNC(=O)OCc1cc(OCc2ccccc2)ccc1[N+](=O)[O-]. The van der Waals surface area contributed by atoms with Crippen molar-refractivity contribution in [1.29, 1.82) is 0 Å². The summed E-state index contributed by atoms with van der Waals surface area (Å²) < 4.78 is 64.9. The Kier molecular flexibility index (Phi) is 24.4. The summed E-state index contributed by atoms with van der Waals surface area (Å²) in [6.07, 6.45) is -0.777. The van der Waals surface area contributed by atoms with E-state index in [2.05, 4.69) is 5.32 Å². The third kappa shape index (κ3) is 23.1. The maximum Gasteiger partial charge on any atom is 0.407 e. The molecule has 2 aromatic rings. The first-order chi connectivity index (χ1) is 24.8. The average molecular weight is 747 g/mol. The molecule has 288 valence electrons. The Hall–Kier alpha value is -3.22. The van der Waals surface area contributed by atoms with Gasteiger partial charge in [-0.25, -0.2) is 4.79 Å². The molecule has 51 heavy (non-hydrogen) atoms. The lowest BCUT2D eigenvalue weighted by Gasteiger charge is -2.11. The molecular weight excluding hydrogens is 695 g/mol. The molecule has 0 saturated heterocycles. The summed E-state index contributed by atoms with van der Waals surface area (Å²) >= 11 is 0. The second kappa shape index (κ2) is 28.4. The van der Waals surface area contributed by atoms with E-state index in [9.17, 15) is 24.4 Å². The molecule has 18 heteroatoms. The van der Waals surface area contributed by atoms with Gasteiger partial charge in [-0.15, -0.1) is 0 Å². The first-order valence-electron chi connectivity index (χ1n) is 16.7. The minimum absolute atomic E-state index is 0.0473. The number of benzene rings is 2. The van der Waals surface area contributed by atoms with E-state index in [0.29, 0.717) is 91.6 Å². The number of carbonyl (C=O) groups excluding carboxylic acids is 1. The second-order valence-corrected chi connectivity index (χ2v) is 12.4. The van der Waals surface area contributed by atoms with Crippen LogP contribution in [0, 0.1) is 10.1 Å². The fourth-order valence-electron chi connectivity index (χ4n) is 3.97. The Morgan fingerprint density at radius 1 is 0.745 bits per heavy atom. The molecule has 1 unspecified atom stereocenters. The molecule has 0 aliphatic carbocycles. The highest BCUT2D eigenvalue weighted by Crippen LogP contribution is 2.40. The molecule has 0 aliphatic rings. The van der Waals surface area contributed by atoms with Crippen molar-refractivity contribution in [3.63, 3.8) is 0 Å². The van der Waals surface area contributed by atoms with E-state index in [-0.39, 0.29) is 50.4 Å². The Morgan fingerprint density at radius 2 is 1.25 bits per heavy atom. The lowest BCUT2D eigenvalue weighted by atomic mass is 10.2. The highest BCUT2D eigenvalue weighted by Gasteiger charge is 2.18. The number of alkyl carbamates (subject to hydrolysis) is 1. The van der Waals surface area contributed by atoms with Crippen LogP contribution < -0.4 is 10.1 Å². The molecule has 0 aromatic heterocycles. The number of nitro benzene ring substituents is 1. The van der Waals surface area contributed by atoms with Gasteiger partial charge in [0, 0.05) is 12.6 Å². The number of carbonyl (C=O) groups is 1. The van der Waals surface area contributed by atoms with Crippen LogP contribution in [0.15, 0.2) is 48.5 Å². The molecule has 0 saturated carbocycles. The summed E-state index contributed by atoms with van der Waals surface area (Å²) in [6.45, 7) is 7.04. The van der Waals surface area contributed by atoms with Gasteiger partial charge in [0.15, 0.2) is 0 Å². The topological polar surface area (TPSA) is 202 Å². The molecular formula is C33H51N2O15P. The molecule has 0 aliphatic heterocycles. The first kappa shape index (κ1) is 43.9. The van der Waals surface area contributed by atoms with Crippen LogP contribution in [0.25, 0.3) is 0 Å². The molecule has 1 amide bonds. The summed E-state index contributed by atoms with van der Waals surface area (Å²) in [7, 11) is -3.55. The summed E-state index contributed by atoms with van der Waals surface area (Å²) in [6, 6.07) is 13.8. The van der Waals surface area contributed by atoms with Gasteiger partial charge in [-0.2, -0.15) is 0 Å². The van der Waals surface area contributed by atoms with Crippen LogP contribution in [0.5, 0.6) is 5.75 Å². The molecule has 2 N–H and O–H groups in total. The van der Waals surface area contributed by atoms with E-state index in [1.807, 2.05) is 30.3 Å². The van der Waals surface area contributed by atoms with E-state index in [0.717, 1.165) is 5.56 Å². The molecule has 1 atom stereocenters. The minimum atomic E-state index is -3.55. The summed E-state index contributed by atoms with van der Waals surface area (Å²) in [5, 5.41) is 14.0. The minimum Gasteiger partial charge on any atom is -0.489 e. The first-order valence-corrected chi connectivity index (χ1v) is 18.4. The maximum atomic E-state index is 12.1. The molecule has 0 spiro atoms. The smallest absolute Gasteiger partial charge is 0.407 e. The zero-order chi connectivity index (χ0) is 36.8. The van der Waals surface area contributed by atoms with Crippen molar-refractivity contribution in [2.75, 3.05) is 112 Å². The van der Waals surface area contributed by atoms with Crippen molar-refractivity contribution in [2.45, 2.75) is 20.1 Å². The van der Waals surface area contributed by atoms with Crippen LogP contribution in [-0.2, 0) is 60.2 Å². The van der Waals surface area contributed by atoms with Gasteiger partial charge in [0.2, 0.25) is 0 Å². The van der Waals surface area contributed by atoms with Gasteiger partial charge in [0.05, 0.1) is 116 Å². The van der Waals surface area contributed by atoms with Crippen molar-refractivity contribution in [3.8, 4) is 5.75 Å². The van der Waals surface area contributed by atoms with Gasteiger partial charge < -0.3 is 57.4 Å². The van der Waals surface area contributed by atoms with Gasteiger partial charge in [0.1, 0.15) is 19.0 Å². The number of ether oxygens (including phenoxy) is 9. The Morgan fingerprint density at radius 3 is 1.76 bits per heavy atom. The van der Waals surface area contributed by atoms with E-state index in [1.54, 1.807) is 6.92 Å². The fourth-order valence-corrected chi connectivity index (χ4v) is 4.87. The summed E-state index contributed by atoms with van der Waals surface area (Å²) in [5.74, 6) is 0.424. The van der Waals surface area contributed by atoms with E-state index >= 15 is 0 Å². The molecule has 17 nitrogen and oxygen atoms in total. The van der Waals surface area contributed by atoms with Crippen LogP contribution in [-0.4, -0.2) is 128 Å². The summed E-state index contributed by atoms with van der Waals surface area (Å²) in [4.78, 5) is 32.4. The maximum absolute atomic E-state index is 12.1. The van der Waals surface area contributed by atoms with Crippen LogP contribution in [0.3, 0.4) is 0 Å². The number of nitrogens with zero attached hydrogens (tertiary/aromatic N) is 1. The van der Waals surface area contributed by atoms with E-state index < -0.39 is 18.6 Å². The van der Waals surface area contributed by atoms with Crippen LogP contribution in [0.2, 0.25) is 0 Å². The van der Waals surface area contributed by atoms with Crippen LogP contribution in [0.1, 0.15) is 18.1 Å². The number of nitrogens with one attached hydrogen (secondary N) is 1. The molecule has 0 radical (unpaired) electrons. The van der Waals surface area contributed by atoms with Gasteiger partial charge in [-0.05, 0) is 24.6 Å².